The molecule has 0 saturated heterocycles. The van der Waals surface area contributed by atoms with Gasteiger partial charge in [0.1, 0.15) is 6.26 Å². The summed E-state index contributed by atoms with van der Waals surface area (Å²) in [5.74, 6) is 0.882. The summed E-state index contributed by atoms with van der Waals surface area (Å²) in [5.41, 5.74) is 3.48. The molecule has 0 bridgehead atoms. The van der Waals surface area contributed by atoms with Crippen LogP contribution in [0.2, 0.25) is 0 Å². The number of rotatable bonds is 3. The van der Waals surface area contributed by atoms with E-state index in [0.29, 0.717) is 17.5 Å². The van der Waals surface area contributed by atoms with Gasteiger partial charge in [0.2, 0.25) is 0 Å². The number of aromatic nitrogens is 1. The summed E-state index contributed by atoms with van der Waals surface area (Å²) < 4.78 is 5.32. The zero-order valence-corrected chi connectivity index (χ0v) is 11.1. The molecule has 0 spiro atoms. The third-order valence-electron chi connectivity index (χ3n) is 3.45. The number of aryl methyl sites for hydroxylation is 2. The number of carbonyl (C=O) groups excluding carboxylic acids is 1. The molecule has 1 fully saturated rings. The number of carbonyl (C=O) groups is 1. The van der Waals surface area contributed by atoms with E-state index in [1.807, 2.05) is 32.0 Å². The SMILES string of the molecule is Cc1ccc(NC(=O)c2coc(C3CC3)n2)cc1C. The molecule has 1 amide bonds. The van der Waals surface area contributed by atoms with E-state index >= 15 is 0 Å². The fraction of sp³-hybridized carbons (Fsp3) is 0.333. The van der Waals surface area contributed by atoms with Gasteiger partial charge in [0.25, 0.3) is 5.91 Å². The predicted molar refractivity (Wildman–Crippen MR) is 72.3 cm³/mol. The van der Waals surface area contributed by atoms with Crippen molar-refractivity contribution in [2.75, 3.05) is 5.32 Å². The molecule has 1 aliphatic carbocycles. The monoisotopic (exact) mass is 256 g/mol. The van der Waals surface area contributed by atoms with Gasteiger partial charge in [-0.05, 0) is 49.9 Å². The van der Waals surface area contributed by atoms with Crippen molar-refractivity contribution in [1.29, 1.82) is 0 Å². The molecule has 0 atom stereocenters. The quantitative estimate of drug-likeness (QED) is 0.915. The van der Waals surface area contributed by atoms with Gasteiger partial charge in [-0.15, -0.1) is 0 Å². The van der Waals surface area contributed by atoms with Crippen molar-refractivity contribution in [1.82, 2.24) is 4.98 Å². The molecule has 3 rings (SSSR count). The maximum Gasteiger partial charge on any atom is 0.277 e. The van der Waals surface area contributed by atoms with E-state index in [-0.39, 0.29) is 5.91 Å². The van der Waals surface area contributed by atoms with Gasteiger partial charge in [0.05, 0.1) is 0 Å². The lowest BCUT2D eigenvalue weighted by atomic mass is 10.1. The van der Waals surface area contributed by atoms with Crippen molar-refractivity contribution < 1.29 is 9.21 Å². The Morgan fingerprint density at radius 2 is 2.11 bits per heavy atom. The molecule has 19 heavy (non-hydrogen) atoms. The molecule has 4 nitrogen and oxygen atoms in total. The van der Waals surface area contributed by atoms with E-state index in [9.17, 15) is 4.79 Å². The van der Waals surface area contributed by atoms with Crippen LogP contribution in [0.3, 0.4) is 0 Å². The van der Waals surface area contributed by atoms with Gasteiger partial charge in [-0.2, -0.15) is 0 Å². The first-order chi connectivity index (χ1) is 9.13. The Bertz CT molecular complexity index is 627. The third-order valence-corrected chi connectivity index (χ3v) is 3.45. The summed E-state index contributed by atoms with van der Waals surface area (Å²) in [7, 11) is 0. The molecule has 1 aliphatic rings. The lowest BCUT2D eigenvalue weighted by Gasteiger charge is -2.05. The zero-order chi connectivity index (χ0) is 13.4. The molecule has 0 radical (unpaired) electrons. The normalized spacial score (nSPS) is 14.4. The lowest BCUT2D eigenvalue weighted by Crippen LogP contribution is -2.12. The van der Waals surface area contributed by atoms with E-state index in [2.05, 4.69) is 10.3 Å². The second-order valence-electron chi connectivity index (χ2n) is 5.10. The minimum atomic E-state index is -0.223. The molecule has 1 aromatic carbocycles. The third kappa shape index (κ3) is 2.52. The largest absolute Gasteiger partial charge is 0.448 e. The number of anilines is 1. The van der Waals surface area contributed by atoms with Gasteiger partial charge in [-0.25, -0.2) is 4.98 Å². The van der Waals surface area contributed by atoms with Crippen molar-refractivity contribution in [3.8, 4) is 0 Å². The number of oxazole rings is 1. The Labute approximate surface area is 111 Å². The Morgan fingerprint density at radius 3 is 2.79 bits per heavy atom. The van der Waals surface area contributed by atoms with Crippen molar-refractivity contribution in [2.24, 2.45) is 0 Å². The molecular weight excluding hydrogens is 240 g/mol. The van der Waals surface area contributed by atoms with E-state index in [1.165, 1.54) is 11.8 Å². The van der Waals surface area contributed by atoms with Crippen LogP contribution in [0.1, 0.15) is 46.3 Å². The first-order valence-electron chi connectivity index (χ1n) is 6.47. The van der Waals surface area contributed by atoms with Crippen molar-refractivity contribution >= 4 is 11.6 Å². The van der Waals surface area contributed by atoms with Crippen LogP contribution in [-0.4, -0.2) is 10.9 Å². The second kappa shape index (κ2) is 4.53. The average Bonchev–Trinajstić information content (AvgIpc) is 3.11. The Kier molecular flexibility index (Phi) is 2.85. The molecule has 1 N–H and O–H groups in total. The highest BCUT2D eigenvalue weighted by atomic mass is 16.3. The fourth-order valence-corrected chi connectivity index (χ4v) is 1.92. The Hall–Kier alpha value is -2.10. The van der Waals surface area contributed by atoms with Crippen molar-refractivity contribution in [3.63, 3.8) is 0 Å². The second-order valence-corrected chi connectivity index (χ2v) is 5.10. The molecule has 1 aromatic heterocycles. The maximum absolute atomic E-state index is 12.0. The summed E-state index contributed by atoms with van der Waals surface area (Å²) in [5, 5.41) is 2.84. The lowest BCUT2D eigenvalue weighted by molar-refractivity contribution is 0.102. The van der Waals surface area contributed by atoms with Crippen LogP contribution in [0, 0.1) is 13.8 Å². The van der Waals surface area contributed by atoms with E-state index in [0.717, 1.165) is 24.1 Å². The van der Waals surface area contributed by atoms with Gasteiger partial charge in [-0.3, -0.25) is 4.79 Å². The van der Waals surface area contributed by atoms with Crippen LogP contribution in [0.5, 0.6) is 0 Å². The highest BCUT2D eigenvalue weighted by molar-refractivity contribution is 6.02. The summed E-state index contributed by atoms with van der Waals surface area (Å²) in [6.07, 6.45) is 3.65. The first kappa shape index (κ1) is 12.0. The zero-order valence-electron chi connectivity index (χ0n) is 11.1. The number of amides is 1. The molecule has 2 aromatic rings. The van der Waals surface area contributed by atoms with Crippen LogP contribution in [-0.2, 0) is 0 Å². The topological polar surface area (TPSA) is 55.1 Å². The van der Waals surface area contributed by atoms with Gasteiger partial charge < -0.3 is 9.73 Å². The Morgan fingerprint density at radius 1 is 1.32 bits per heavy atom. The standard InChI is InChI=1S/C15H16N2O2/c1-9-3-6-12(7-10(9)2)16-14(18)13-8-19-15(17-13)11-4-5-11/h3,6-8,11H,4-5H2,1-2H3,(H,16,18). The predicted octanol–water partition coefficient (Wildman–Crippen LogP) is 3.42. The smallest absolute Gasteiger partial charge is 0.277 e. The summed E-state index contributed by atoms with van der Waals surface area (Å²) >= 11 is 0. The average molecular weight is 256 g/mol. The molecule has 1 saturated carbocycles. The fourth-order valence-electron chi connectivity index (χ4n) is 1.92. The van der Waals surface area contributed by atoms with Crippen molar-refractivity contribution in [2.45, 2.75) is 32.6 Å². The summed E-state index contributed by atoms with van der Waals surface area (Å²) in [4.78, 5) is 16.3. The van der Waals surface area contributed by atoms with Crippen LogP contribution in [0.4, 0.5) is 5.69 Å². The number of nitrogens with one attached hydrogen (secondary N) is 1. The minimum Gasteiger partial charge on any atom is -0.448 e. The molecule has 98 valence electrons. The number of hydrogen-bond acceptors (Lipinski definition) is 3. The molecule has 0 unspecified atom stereocenters. The van der Waals surface area contributed by atoms with E-state index < -0.39 is 0 Å². The minimum absolute atomic E-state index is 0.223. The van der Waals surface area contributed by atoms with Crippen LogP contribution in [0.25, 0.3) is 0 Å². The van der Waals surface area contributed by atoms with Crippen LogP contribution >= 0.6 is 0 Å². The maximum atomic E-state index is 12.0. The van der Waals surface area contributed by atoms with E-state index in [4.69, 9.17) is 4.42 Å². The van der Waals surface area contributed by atoms with E-state index in [1.54, 1.807) is 0 Å². The first-order valence-corrected chi connectivity index (χ1v) is 6.47. The van der Waals surface area contributed by atoms with Gasteiger partial charge in [-0.1, -0.05) is 6.07 Å². The van der Waals surface area contributed by atoms with Crippen LogP contribution in [0.15, 0.2) is 28.9 Å². The Balaban J connectivity index is 1.74. The number of nitrogens with zero attached hydrogens (tertiary/aromatic N) is 1. The van der Waals surface area contributed by atoms with Crippen molar-refractivity contribution in [3.05, 3.63) is 47.2 Å². The molecule has 4 heteroatoms. The highest BCUT2D eigenvalue weighted by Gasteiger charge is 2.29. The number of hydrogen-bond donors (Lipinski definition) is 1. The van der Waals surface area contributed by atoms with Gasteiger partial charge in [0.15, 0.2) is 11.6 Å². The summed E-state index contributed by atoms with van der Waals surface area (Å²) in [6, 6.07) is 5.83. The number of benzene rings is 1. The van der Waals surface area contributed by atoms with Gasteiger partial charge in [0, 0.05) is 11.6 Å². The molecule has 1 heterocycles. The molecule has 0 aliphatic heterocycles. The highest BCUT2D eigenvalue weighted by Crippen LogP contribution is 2.39. The van der Waals surface area contributed by atoms with Gasteiger partial charge >= 0.3 is 0 Å². The molecular formula is C15H16N2O2. The van der Waals surface area contributed by atoms with Crippen LogP contribution < -0.4 is 5.32 Å². The summed E-state index contributed by atoms with van der Waals surface area (Å²) in [6.45, 7) is 4.06.